The van der Waals surface area contributed by atoms with E-state index >= 15 is 0 Å². The maximum Gasteiger partial charge on any atom is 0.191 e. The maximum atomic E-state index is 6.32. The van der Waals surface area contributed by atoms with Crippen molar-refractivity contribution in [2.75, 3.05) is 32.8 Å². The second kappa shape index (κ2) is 9.97. The number of hydrogen-bond acceptors (Lipinski definition) is 2. The molecule has 0 radical (unpaired) electrons. The number of guanidine groups is 1. The molecule has 2 aliphatic heterocycles. The molecule has 6 heteroatoms. The molecule has 2 aliphatic rings. The molecule has 0 amide bonds. The van der Waals surface area contributed by atoms with Gasteiger partial charge in [-0.25, -0.2) is 0 Å². The van der Waals surface area contributed by atoms with Crippen molar-refractivity contribution < 1.29 is 4.74 Å². The summed E-state index contributed by atoms with van der Waals surface area (Å²) in [5.41, 5.74) is 7.56. The van der Waals surface area contributed by atoms with Crippen LogP contribution in [0.1, 0.15) is 44.1 Å². The minimum absolute atomic E-state index is 0. The van der Waals surface area contributed by atoms with E-state index in [0.29, 0.717) is 12.5 Å². The molecule has 0 bridgehead atoms. The fourth-order valence-electron chi connectivity index (χ4n) is 3.75. The van der Waals surface area contributed by atoms with E-state index in [4.69, 9.17) is 27.1 Å². The normalized spacial score (nSPS) is 21.3. The van der Waals surface area contributed by atoms with Crippen LogP contribution in [0.25, 0.3) is 0 Å². The summed E-state index contributed by atoms with van der Waals surface area (Å²) >= 11 is 6.23. The standard InChI is InChI=1S/C19H28ClN3O.HI/c20-17-7-5-6-16(14-17)19(8-12-24-13-9-19)15-22-18(21)23-10-3-1-2-4-11-23;/h5-7,14H,1-4,8-13,15H2,(H2,21,22);1H. The summed E-state index contributed by atoms with van der Waals surface area (Å²) in [7, 11) is 0. The molecule has 0 atom stereocenters. The van der Waals surface area contributed by atoms with Crippen LogP contribution in [0.4, 0.5) is 0 Å². The maximum absolute atomic E-state index is 6.32. The lowest BCUT2D eigenvalue weighted by Gasteiger charge is -2.37. The highest BCUT2D eigenvalue weighted by atomic mass is 127. The largest absolute Gasteiger partial charge is 0.381 e. The van der Waals surface area contributed by atoms with Gasteiger partial charge in [-0.05, 0) is 43.4 Å². The summed E-state index contributed by atoms with van der Waals surface area (Å²) in [6.07, 6.45) is 6.95. The average molecular weight is 478 g/mol. The number of likely N-dealkylation sites (tertiary alicyclic amines) is 1. The number of halogens is 2. The van der Waals surface area contributed by atoms with Crippen LogP contribution in [0, 0.1) is 0 Å². The summed E-state index contributed by atoms with van der Waals surface area (Å²) in [6.45, 7) is 4.31. The lowest BCUT2D eigenvalue weighted by molar-refractivity contribution is 0.0530. The van der Waals surface area contributed by atoms with Crippen molar-refractivity contribution in [3.63, 3.8) is 0 Å². The van der Waals surface area contributed by atoms with Crippen LogP contribution in [0.15, 0.2) is 29.3 Å². The van der Waals surface area contributed by atoms with Gasteiger partial charge in [0.1, 0.15) is 0 Å². The van der Waals surface area contributed by atoms with Gasteiger partial charge in [-0.3, -0.25) is 4.99 Å². The summed E-state index contributed by atoms with van der Waals surface area (Å²) in [5, 5.41) is 0.780. The fraction of sp³-hybridized carbons (Fsp3) is 0.632. The second-order valence-corrected chi connectivity index (χ2v) is 7.42. The third kappa shape index (κ3) is 5.47. The molecule has 4 nitrogen and oxygen atoms in total. The molecule has 2 fully saturated rings. The molecule has 0 saturated carbocycles. The van der Waals surface area contributed by atoms with Crippen molar-refractivity contribution in [2.45, 2.75) is 43.9 Å². The Balaban J connectivity index is 0.00000225. The van der Waals surface area contributed by atoms with E-state index in [9.17, 15) is 0 Å². The number of rotatable bonds is 3. The van der Waals surface area contributed by atoms with Crippen molar-refractivity contribution in [1.29, 1.82) is 0 Å². The second-order valence-electron chi connectivity index (χ2n) is 6.98. The van der Waals surface area contributed by atoms with Gasteiger partial charge in [0.2, 0.25) is 0 Å². The van der Waals surface area contributed by atoms with E-state index in [1.807, 2.05) is 12.1 Å². The predicted octanol–water partition coefficient (Wildman–Crippen LogP) is 4.20. The highest BCUT2D eigenvalue weighted by molar-refractivity contribution is 14.0. The van der Waals surface area contributed by atoms with Crippen molar-refractivity contribution in [1.82, 2.24) is 4.90 Å². The Labute approximate surface area is 173 Å². The third-order valence-corrected chi connectivity index (χ3v) is 5.60. The van der Waals surface area contributed by atoms with E-state index in [1.165, 1.54) is 31.2 Å². The SMILES string of the molecule is I.NC(=NCC1(c2cccc(Cl)c2)CCOCC1)N1CCCCCC1. The Morgan fingerprint density at radius 2 is 1.84 bits per heavy atom. The van der Waals surface area contributed by atoms with Crippen LogP contribution in [0.3, 0.4) is 0 Å². The van der Waals surface area contributed by atoms with Crippen molar-refractivity contribution in [3.05, 3.63) is 34.9 Å². The Hall–Kier alpha value is -0.530. The first-order valence-electron chi connectivity index (χ1n) is 9.08. The van der Waals surface area contributed by atoms with Gasteiger partial charge in [-0.15, -0.1) is 24.0 Å². The average Bonchev–Trinajstić information content (AvgIpc) is 2.90. The first-order chi connectivity index (χ1) is 11.7. The van der Waals surface area contributed by atoms with Gasteiger partial charge in [0.15, 0.2) is 5.96 Å². The van der Waals surface area contributed by atoms with Crippen LogP contribution in [-0.2, 0) is 10.2 Å². The Morgan fingerprint density at radius 3 is 2.48 bits per heavy atom. The topological polar surface area (TPSA) is 50.9 Å². The Bertz CT molecular complexity index is 568. The summed E-state index contributed by atoms with van der Waals surface area (Å²) in [4.78, 5) is 7.06. The number of hydrogen-bond donors (Lipinski definition) is 1. The molecule has 3 rings (SSSR count). The molecule has 1 aromatic carbocycles. The molecule has 25 heavy (non-hydrogen) atoms. The number of aliphatic imine (C=N–C) groups is 1. The first kappa shape index (κ1) is 20.8. The molecule has 0 aromatic heterocycles. The highest BCUT2D eigenvalue weighted by Crippen LogP contribution is 2.36. The van der Waals surface area contributed by atoms with Crippen molar-refractivity contribution >= 4 is 41.5 Å². The third-order valence-electron chi connectivity index (χ3n) is 5.36. The molecule has 0 aliphatic carbocycles. The summed E-state index contributed by atoms with van der Waals surface area (Å²) in [6, 6.07) is 8.18. The lowest BCUT2D eigenvalue weighted by Crippen LogP contribution is -2.41. The molecular formula is C19H29ClIN3O. The first-order valence-corrected chi connectivity index (χ1v) is 9.46. The van der Waals surface area contributed by atoms with Crippen LogP contribution >= 0.6 is 35.6 Å². The lowest BCUT2D eigenvalue weighted by atomic mass is 9.74. The Morgan fingerprint density at radius 1 is 1.16 bits per heavy atom. The van der Waals surface area contributed by atoms with Gasteiger partial charge in [0.05, 0.1) is 6.54 Å². The number of benzene rings is 1. The molecule has 2 heterocycles. The van der Waals surface area contributed by atoms with Gasteiger partial charge in [0.25, 0.3) is 0 Å². The van der Waals surface area contributed by atoms with Crippen molar-refractivity contribution in [2.24, 2.45) is 10.7 Å². The number of ether oxygens (including phenoxy) is 1. The zero-order chi connectivity index (χ0) is 16.8. The number of nitrogens with zero attached hydrogens (tertiary/aromatic N) is 2. The molecule has 0 unspecified atom stereocenters. The van der Waals surface area contributed by atoms with Gasteiger partial charge < -0.3 is 15.4 Å². The van der Waals surface area contributed by atoms with Gasteiger partial charge in [-0.2, -0.15) is 0 Å². The Kier molecular flexibility index (Phi) is 8.29. The molecule has 1 aromatic rings. The monoisotopic (exact) mass is 477 g/mol. The van der Waals surface area contributed by atoms with E-state index in [2.05, 4.69) is 17.0 Å². The quantitative estimate of drug-likeness (QED) is 0.403. The molecule has 2 N–H and O–H groups in total. The molecular weight excluding hydrogens is 449 g/mol. The van der Waals surface area contributed by atoms with Crippen LogP contribution in [0.2, 0.25) is 5.02 Å². The van der Waals surface area contributed by atoms with Crippen LogP contribution < -0.4 is 5.73 Å². The summed E-state index contributed by atoms with van der Waals surface area (Å²) in [5.74, 6) is 0.699. The predicted molar refractivity (Wildman–Crippen MR) is 115 cm³/mol. The summed E-state index contributed by atoms with van der Waals surface area (Å²) < 4.78 is 5.59. The zero-order valence-corrected chi connectivity index (χ0v) is 17.8. The van der Waals surface area contributed by atoms with Crippen LogP contribution in [-0.4, -0.2) is 43.7 Å². The van der Waals surface area contributed by atoms with E-state index < -0.39 is 0 Å². The highest BCUT2D eigenvalue weighted by Gasteiger charge is 2.34. The number of nitrogens with two attached hydrogens (primary N) is 1. The van der Waals surface area contributed by atoms with E-state index in [-0.39, 0.29) is 29.4 Å². The smallest absolute Gasteiger partial charge is 0.191 e. The van der Waals surface area contributed by atoms with Gasteiger partial charge in [-0.1, -0.05) is 36.6 Å². The van der Waals surface area contributed by atoms with Crippen molar-refractivity contribution in [3.8, 4) is 0 Å². The van der Waals surface area contributed by atoms with E-state index in [0.717, 1.165) is 44.2 Å². The minimum Gasteiger partial charge on any atom is -0.381 e. The van der Waals surface area contributed by atoms with E-state index in [1.54, 1.807) is 0 Å². The van der Waals surface area contributed by atoms with Gasteiger partial charge >= 0.3 is 0 Å². The fourth-order valence-corrected chi connectivity index (χ4v) is 3.94. The van der Waals surface area contributed by atoms with Crippen LogP contribution in [0.5, 0.6) is 0 Å². The minimum atomic E-state index is -0.0143. The molecule has 0 spiro atoms. The van der Waals surface area contributed by atoms with Gasteiger partial charge in [0, 0.05) is 36.7 Å². The molecule has 140 valence electrons. The molecule has 2 saturated heterocycles. The zero-order valence-electron chi connectivity index (χ0n) is 14.8.